The Hall–Kier alpha value is -4.73. The molecular formula is C67H89O4Zr+. The molecule has 0 radical (unpaired) electrons. The van der Waals surface area contributed by atoms with E-state index < -0.39 is 0 Å². The molecule has 0 spiro atoms. The number of aliphatic hydroxyl groups excluding tert-OH is 1. The summed E-state index contributed by atoms with van der Waals surface area (Å²) in [7, 11) is 0. The SMILES string of the molecule is C=C1C=C(c2cc(C(C)(C)C)ccc2OCCCOc2ccc(C(C)(C)C)cc2-c2cc(C)cc(-c3cc(C(C)(C)C)cc(C(C)(C)C)c3)c2O)C(O)=C(c2cc(C(C)(C)C)cc(C(C)(C)C)c2)[CH+]1.[CH3-].[CH3-].[Zr+2]. The van der Waals surface area contributed by atoms with Gasteiger partial charge in [0, 0.05) is 46.7 Å². The molecule has 0 unspecified atom stereocenters. The van der Waals surface area contributed by atoms with Crippen molar-refractivity contribution in [2.45, 2.75) is 170 Å². The third-order valence-electron chi connectivity index (χ3n) is 13.5. The maximum Gasteiger partial charge on any atom is 2.00 e. The van der Waals surface area contributed by atoms with Crippen LogP contribution in [-0.4, -0.2) is 23.4 Å². The number of phenols is 1. The van der Waals surface area contributed by atoms with Gasteiger partial charge in [0.25, 0.3) is 0 Å². The smallest absolute Gasteiger partial charge is 0.507 e. The molecule has 384 valence electrons. The standard InChI is InChI=1S/C65H82O4.2CH3.Zr/c1-40-28-50(42-32-46(62(9,10)11)36-47(33-42)63(12,13)14)58(66)54(30-40)52-38-44(60(3,4)5)22-24-56(52)68-26-21-27-69-57-25-23-45(61(6,7)8)39-53(57)55-31-41(2)29-51(59(55)67)43-34-48(64(15,16)17)37-49(35-43)65(18,19)20;;;/h22-25,28-39H,1,21,26-27H2,2-20H3,(H-,66,67);2*1H3;/q;2*-1;+2/p+1. The molecule has 5 aromatic carbocycles. The van der Waals surface area contributed by atoms with E-state index in [2.05, 4.69) is 211 Å². The average Bonchev–Trinajstić information content (AvgIpc) is 3.22. The van der Waals surface area contributed by atoms with E-state index in [1.54, 1.807) is 0 Å². The molecule has 4 nitrogen and oxygen atoms in total. The van der Waals surface area contributed by atoms with E-state index in [1.807, 2.05) is 24.6 Å². The van der Waals surface area contributed by atoms with Crippen LogP contribution in [0.3, 0.4) is 0 Å². The summed E-state index contributed by atoms with van der Waals surface area (Å²) < 4.78 is 13.3. The van der Waals surface area contributed by atoms with Crippen LogP contribution in [0.25, 0.3) is 33.4 Å². The van der Waals surface area contributed by atoms with Crippen molar-refractivity contribution in [3.63, 3.8) is 0 Å². The summed E-state index contributed by atoms with van der Waals surface area (Å²) in [5.41, 5.74) is 15.2. The zero-order valence-corrected chi connectivity index (χ0v) is 50.7. The molecule has 0 saturated heterocycles. The maximum absolute atomic E-state index is 12.4. The second-order valence-corrected chi connectivity index (χ2v) is 25.8. The van der Waals surface area contributed by atoms with Crippen LogP contribution in [0.15, 0.2) is 109 Å². The number of hydrogen-bond acceptors (Lipinski definition) is 4. The molecule has 0 fully saturated rings. The molecule has 0 aromatic heterocycles. The van der Waals surface area contributed by atoms with Crippen molar-refractivity contribution in [2.75, 3.05) is 13.2 Å². The molecule has 6 rings (SSSR count). The molecule has 0 atom stereocenters. The van der Waals surface area contributed by atoms with Gasteiger partial charge in [-0.3, -0.25) is 0 Å². The van der Waals surface area contributed by atoms with E-state index >= 15 is 0 Å². The van der Waals surface area contributed by atoms with Crippen LogP contribution in [0.1, 0.15) is 181 Å². The van der Waals surface area contributed by atoms with Gasteiger partial charge in [0.15, 0.2) is 0 Å². The fourth-order valence-electron chi connectivity index (χ4n) is 8.71. The first-order valence-electron chi connectivity index (χ1n) is 25.0. The van der Waals surface area contributed by atoms with Gasteiger partial charge in [0.05, 0.1) is 24.4 Å². The molecule has 5 aromatic rings. The fourth-order valence-corrected chi connectivity index (χ4v) is 8.71. The average molecular weight is 1050 g/mol. The third kappa shape index (κ3) is 14.3. The van der Waals surface area contributed by atoms with Crippen LogP contribution >= 0.6 is 0 Å². The molecule has 0 saturated carbocycles. The van der Waals surface area contributed by atoms with Gasteiger partial charge in [0.1, 0.15) is 22.8 Å². The fraction of sp³-hybridized carbons (Fsp3) is 0.418. The Morgan fingerprint density at radius 3 is 1.25 bits per heavy atom. The van der Waals surface area contributed by atoms with Gasteiger partial charge in [-0.15, -0.1) is 0 Å². The van der Waals surface area contributed by atoms with Crippen LogP contribution in [0, 0.1) is 28.2 Å². The van der Waals surface area contributed by atoms with Gasteiger partial charge in [-0.25, -0.2) is 0 Å². The molecule has 1 aliphatic carbocycles. The van der Waals surface area contributed by atoms with Gasteiger partial charge in [0.2, 0.25) is 5.76 Å². The molecule has 5 heteroatoms. The predicted octanol–water partition coefficient (Wildman–Crippen LogP) is 18.7. The third-order valence-corrected chi connectivity index (χ3v) is 13.5. The Bertz CT molecular complexity index is 2740. The number of hydrogen-bond donors (Lipinski definition) is 2. The van der Waals surface area contributed by atoms with E-state index in [-0.39, 0.29) is 85.1 Å². The van der Waals surface area contributed by atoms with E-state index in [1.165, 1.54) is 22.3 Å². The summed E-state index contributed by atoms with van der Waals surface area (Å²) >= 11 is 0. The molecule has 72 heavy (non-hydrogen) atoms. The topological polar surface area (TPSA) is 58.9 Å². The van der Waals surface area contributed by atoms with Gasteiger partial charge in [-0.1, -0.05) is 161 Å². The minimum Gasteiger partial charge on any atom is -0.507 e. The largest absolute Gasteiger partial charge is 2.00 e. The number of aromatic hydroxyl groups is 1. The summed E-state index contributed by atoms with van der Waals surface area (Å²) in [6, 6.07) is 30.4. The first-order chi connectivity index (χ1) is 31.6. The Labute approximate surface area is 457 Å². The van der Waals surface area contributed by atoms with Crippen molar-refractivity contribution in [1.82, 2.24) is 0 Å². The Morgan fingerprint density at radius 2 is 0.833 bits per heavy atom. The molecular weight excluding hydrogens is 960 g/mol. The van der Waals surface area contributed by atoms with Crippen LogP contribution in [0.2, 0.25) is 0 Å². The molecule has 0 amide bonds. The Balaban J connectivity index is 0.00000456. The van der Waals surface area contributed by atoms with Crippen LogP contribution in [-0.2, 0) is 58.7 Å². The first-order valence-corrected chi connectivity index (χ1v) is 25.0. The van der Waals surface area contributed by atoms with Crippen molar-refractivity contribution >= 4 is 11.1 Å². The predicted molar refractivity (Wildman–Crippen MR) is 308 cm³/mol. The van der Waals surface area contributed by atoms with E-state index in [9.17, 15) is 10.2 Å². The van der Waals surface area contributed by atoms with Gasteiger partial charge < -0.3 is 34.5 Å². The summed E-state index contributed by atoms with van der Waals surface area (Å²) in [4.78, 5) is 0. The number of allylic oxidation sites excluding steroid dienone is 4. The van der Waals surface area contributed by atoms with Crippen molar-refractivity contribution < 1.29 is 45.9 Å². The Kier molecular flexibility index (Phi) is 19.2. The number of aliphatic hydroxyl groups is 1. The number of benzene rings is 5. The number of phenolic OH excluding ortho intramolecular Hbond substituents is 1. The summed E-state index contributed by atoms with van der Waals surface area (Å²) in [5, 5.41) is 24.7. The number of ether oxygens (including phenoxy) is 2. The zero-order chi connectivity index (χ0) is 51.4. The molecule has 0 heterocycles. The molecule has 0 aliphatic heterocycles. The second kappa shape index (κ2) is 22.4. The summed E-state index contributed by atoms with van der Waals surface area (Å²) in [6.45, 7) is 47.4. The van der Waals surface area contributed by atoms with Crippen molar-refractivity contribution in [2.24, 2.45) is 0 Å². The Morgan fingerprint density at radius 1 is 0.458 bits per heavy atom. The zero-order valence-electron chi connectivity index (χ0n) is 48.3. The van der Waals surface area contributed by atoms with Crippen molar-refractivity contribution in [3.05, 3.63) is 180 Å². The van der Waals surface area contributed by atoms with Gasteiger partial charge in [-0.2, -0.15) is 0 Å². The van der Waals surface area contributed by atoms with Gasteiger partial charge >= 0.3 is 26.2 Å². The minimum atomic E-state index is -0.136. The molecule has 0 bridgehead atoms. The van der Waals surface area contributed by atoms with Crippen molar-refractivity contribution in [1.29, 1.82) is 0 Å². The van der Waals surface area contributed by atoms with Crippen molar-refractivity contribution in [3.8, 4) is 39.5 Å². The van der Waals surface area contributed by atoms with Crippen LogP contribution in [0.4, 0.5) is 0 Å². The van der Waals surface area contributed by atoms with E-state index in [0.717, 1.165) is 61.2 Å². The first kappa shape index (κ1) is 61.6. The quantitative estimate of drug-likeness (QED) is 0.108. The van der Waals surface area contributed by atoms with Crippen LogP contribution < -0.4 is 9.47 Å². The van der Waals surface area contributed by atoms with E-state index in [0.29, 0.717) is 36.7 Å². The monoisotopic (exact) mass is 1050 g/mol. The maximum atomic E-state index is 12.4. The molecule has 1 aliphatic rings. The number of rotatable bonds is 10. The van der Waals surface area contributed by atoms with Gasteiger partial charge in [-0.05, 0) is 139 Å². The van der Waals surface area contributed by atoms with Crippen LogP contribution in [0.5, 0.6) is 17.2 Å². The second-order valence-electron chi connectivity index (χ2n) is 25.8. The minimum absolute atomic E-state index is 0. The summed E-state index contributed by atoms with van der Waals surface area (Å²) in [5.74, 6) is 1.84. The normalized spacial score (nSPS) is 13.6. The molecule has 2 N–H and O–H groups in total. The summed E-state index contributed by atoms with van der Waals surface area (Å²) in [6.07, 6.45) is 4.56. The van der Waals surface area contributed by atoms with E-state index in [4.69, 9.17) is 9.47 Å². The number of aryl methyl sites for hydroxylation is 1.